The molecule has 0 atom stereocenters. The fraction of sp³-hybridized carbons (Fsp3) is 0.500. The molecule has 6 heteroatoms. The molecule has 0 radical (unpaired) electrons. The van der Waals surface area contributed by atoms with Crippen molar-refractivity contribution in [2.45, 2.75) is 13.8 Å². The van der Waals surface area contributed by atoms with E-state index in [4.69, 9.17) is 0 Å². The predicted octanol–water partition coefficient (Wildman–Crippen LogP) is 0.802. The second kappa shape index (κ2) is 5.89. The lowest BCUT2D eigenvalue weighted by Gasteiger charge is -2.10. The van der Waals surface area contributed by atoms with Crippen molar-refractivity contribution in [3.05, 3.63) is 11.9 Å². The molecule has 1 aromatic rings. The molecule has 0 aliphatic carbocycles. The summed E-state index contributed by atoms with van der Waals surface area (Å²) in [4.78, 5) is 19.1. The van der Waals surface area contributed by atoms with Gasteiger partial charge < -0.3 is 15.4 Å². The van der Waals surface area contributed by atoms with Crippen LogP contribution in [0.3, 0.4) is 0 Å². The largest absolute Gasteiger partial charge is 0.468 e. The number of esters is 1. The molecule has 0 aliphatic heterocycles. The van der Waals surface area contributed by atoms with Crippen LogP contribution in [0.15, 0.2) is 6.33 Å². The van der Waals surface area contributed by atoms with Crippen LogP contribution >= 0.6 is 0 Å². The van der Waals surface area contributed by atoms with Crippen LogP contribution in [0.1, 0.15) is 12.5 Å². The maximum absolute atomic E-state index is 11.0. The quantitative estimate of drug-likeness (QED) is 0.720. The maximum Gasteiger partial charge on any atom is 0.325 e. The van der Waals surface area contributed by atoms with Gasteiger partial charge in [0.25, 0.3) is 0 Å². The molecular weight excluding hydrogens is 208 g/mol. The minimum Gasteiger partial charge on any atom is -0.468 e. The summed E-state index contributed by atoms with van der Waals surface area (Å²) in [7, 11) is 1.35. The predicted molar refractivity (Wildman–Crippen MR) is 61.4 cm³/mol. The number of nitrogens with one attached hydrogen (secondary N) is 2. The van der Waals surface area contributed by atoms with Gasteiger partial charge in [0.15, 0.2) is 0 Å². The van der Waals surface area contributed by atoms with Gasteiger partial charge in [0, 0.05) is 12.1 Å². The molecule has 1 aromatic heterocycles. The summed E-state index contributed by atoms with van der Waals surface area (Å²) in [6.45, 7) is 4.76. The Hall–Kier alpha value is -1.85. The van der Waals surface area contributed by atoms with Crippen molar-refractivity contribution in [2.24, 2.45) is 0 Å². The number of hydrogen-bond donors (Lipinski definition) is 2. The SMILES string of the molecule is CCNc1ncnc(NCC(=O)OC)c1C. The summed E-state index contributed by atoms with van der Waals surface area (Å²) in [6, 6.07) is 0. The molecule has 2 N–H and O–H groups in total. The molecule has 0 saturated heterocycles. The molecule has 0 spiro atoms. The topological polar surface area (TPSA) is 76.1 Å². The van der Waals surface area contributed by atoms with Crippen molar-refractivity contribution >= 4 is 17.6 Å². The highest BCUT2D eigenvalue weighted by atomic mass is 16.5. The molecule has 0 fully saturated rings. The molecular formula is C10H16N4O2. The zero-order chi connectivity index (χ0) is 12.0. The van der Waals surface area contributed by atoms with Crippen molar-refractivity contribution in [3.63, 3.8) is 0 Å². The first-order valence-electron chi connectivity index (χ1n) is 5.05. The van der Waals surface area contributed by atoms with Gasteiger partial charge in [-0.2, -0.15) is 0 Å². The lowest BCUT2D eigenvalue weighted by Crippen LogP contribution is -2.17. The Kier molecular flexibility index (Phi) is 4.50. The first kappa shape index (κ1) is 12.2. The van der Waals surface area contributed by atoms with E-state index in [0.717, 1.165) is 17.9 Å². The van der Waals surface area contributed by atoms with Crippen molar-refractivity contribution in [1.29, 1.82) is 0 Å². The van der Waals surface area contributed by atoms with E-state index >= 15 is 0 Å². The number of anilines is 2. The zero-order valence-corrected chi connectivity index (χ0v) is 9.70. The van der Waals surface area contributed by atoms with Crippen molar-refractivity contribution in [1.82, 2.24) is 9.97 Å². The number of nitrogens with zero attached hydrogens (tertiary/aromatic N) is 2. The van der Waals surface area contributed by atoms with Crippen molar-refractivity contribution < 1.29 is 9.53 Å². The molecule has 0 aliphatic rings. The fourth-order valence-corrected chi connectivity index (χ4v) is 1.20. The second-order valence-electron chi connectivity index (χ2n) is 3.16. The van der Waals surface area contributed by atoms with Crippen LogP contribution in [0.2, 0.25) is 0 Å². The number of aromatic nitrogens is 2. The van der Waals surface area contributed by atoms with Gasteiger partial charge in [-0.1, -0.05) is 0 Å². The van der Waals surface area contributed by atoms with Crippen LogP contribution in [0, 0.1) is 6.92 Å². The highest BCUT2D eigenvalue weighted by molar-refractivity contribution is 5.75. The van der Waals surface area contributed by atoms with Gasteiger partial charge in [-0.05, 0) is 13.8 Å². The second-order valence-corrected chi connectivity index (χ2v) is 3.16. The number of rotatable bonds is 5. The molecule has 16 heavy (non-hydrogen) atoms. The number of hydrogen-bond acceptors (Lipinski definition) is 6. The molecule has 0 unspecified atom stereocenters. The van der Waals surface area contributed by atoms with Crippen LogP contribution in [0.4, 0.5) is 11.6 Å². The monoisotopic (exact) mass is 224 g/mol. The Labute approximate surface area is 94.4 Å². The van der Waals surface area contributed by atoms with E-state index in [1.54, 1.807) is 0 Å². The van der Waals surface area contributed by atoms with Crippen LogP contribution in [0.25, 0.3) is 0 Å². The van der Waals surface area contributed by atoms with E-state index in [2.05, 4.69) is 25.3 Å². The highest BCUT2D eigenvalue weighted by Crippen LogP contribution is 2.17. The number of ether oxygens (including phenoxy) is 1. The fourth-order valence-electron chi connectivity index (χ4n) is 1.20. The van der Waals surface area contributed by atoms with Gasteiger partial charge in [-0.3, -0.25) is 4.79 Å². The Morgan fingerprint density at radius 3 is 2.56 bits per heavy atom. The molecule has 0 saturated carbocycles. The number of carbonyl (C=O) groups is 1. The third-order valence-corrected chi connectivity index (χ3v) is 2.06. The lowest BCUT2D eigenvalue weighted by atomic mass is 10.3. The molecule has 1 rings (SSSR count). The van der Waals surface area contributed by atoms with Crippen LogP contribution in [-0.4, -0.2) is 36.1 Å². The molecule has 0 bridgehead atoms. The van der Waals surface area contributed by atoms with E-state index in [1.165, 1.54) is 13.4 Å². The summed E-state index contributed by atoms with van der Waals surface area (Å²) in [6.07, 6.45) is 1.45. The Morgan fingerprint density at radius 1 is 1.38 bits per heavy atom. The summed E-state index contributed by atoms with van der Waals surface area (Å²) in [5, 5.41) is 6.01. The zero-order valence-electron chi connectivity index (χ0n) is 9.70. The third-order valence-electron chi connectivity index (χ3n) is 2.06. The van der Waals surface area contributed by atoms with Crippen molar-refractivity contribution in [2.75, 3.05) is 30.8 Å². The summed E-state index contributed by atoms with van der Waals surface area (Å²) < 4.78 is 4.53. The lowest BCUT2D eigenvalue weighted by molar-refractivity contribution is -0.138. The first-order valence-corrected chi connectivity index (χ1v) is 5.05. The van der Waals surface area contributed by atoms with Gasteiger partial charge in [0.2, 0.25) is 0 Å². The summed E-state index contributed by atoms with van der Waals surface area (Å²) >= 11 is 0. The van der Waals surface area contributed by atoms with Crippen LogP contribution in [0.5, 0.6) is 0 Å². The summed E-state index contributed by atoms with van der Waals surface area (Å²) in [5.41, 5.74) is 0.883. The number of carbonyl (C=O) groups excluding carboxylic acids is 1. The Balaban J connectivity index is 2.72. The normalized spacial score (nSPS) is 9.69. The van der Waals surface area contributed by atoms with Gasteiger partial charge in [0.05, 0.1) is 7.11 Å². The molecule has 0 amide bonds. The first-order chi connectivity index (χ1) is 7.69. The third kappa shape index (κ3) is 3.08. The van der Waals surface area contributed by atoms with Gasteiger partial charge >= 0.3 is 5.97 Å². The average Bonchev–Trinajstić information content (AvgIpc) is 2.30. The Bertz CT molecular complexity index is 368. The molecule has 6 nitrogen and oxygen atoms in total. The van der Waals surface area contributed by atoms with Crippen LogP contribution < -0.4 is 10.6 Å². The van der Waals surface area contributed by atoms with Gasteiger partial charge in [-0.25, -0.2) is 9.97 Å². The van der Waals surface area contributed by atoms with Gasteiger partial charge in [0.1, 0.15) is 24.5 Å². The summed E-state index contributed by atoms with van der Waals surface area (Å²) in [5.74, 6) is 1.07. The molecule has 88 valence electrons. The molecule has 0 aromatic carbocycles. The van der Waals surface area contributed by atoms with E-state index < -0.39 is 0 Å². The molecule has 1 heterocycles. The van der Waals surface area contributed by atoms with E-state index in [-0.39, 0.29) is 12.5 Å². The van der Waals surface area contributed by atoms with E-state index in [0.29, 0.717) is 5.82 Å². The maximum atomic E-state index is 11.0. The van der Waals surface area contributed by atoms with Crippen LogP contribution in [-0.2, 0) is 9.53 Å². The van der Waals surface area contributed by atoms with Gasteiger partial charge in [-0.15, -0.1) is 0 Å². The number of methoxy groups -OCH3 is 1. The van der Waals surface area contributed by atoms with E-state index in [1.807, 2.05) is 13.8 Å². The highest BCUT2D eigenvalue weighted by Gasteiger charge is 2.07. The smallest absolute Gasteiger partial charge is 0.325 e. The van der Waals surface area contributed by atoms with E-state index in [9.17, 15) is 4.79 Å². The Morgan fingerprint density at radius 2 is 2.00 bits per heavy atom. The minimum absolute atomic E-state index is 0.0971. The van der Waals surface area contributed by atoms with Crippen molar-refractivity contribution in [3.8, 4) is 0 Å². The average molecular weight is 224 g/mol. The standard InChI is InChI=1S/C10H16N4O2/c1-4-11-9-7(2)10(14-6-13-9)12-5-8(15)16-3/h6H,4-5H2,1-3H3,(H2,11,12,13,14). The minimum atomic E-state index is -0.331.